The first-order chi connectivity index (χ1) is 10.3. The molecular weight excluding hydrogens is 280 g/mol. The molecule has 0 spiro atoms. The van der Waals surface area contributed by atoms with Gasteiger partial charge in [0.15, 0.2) is 0 Å². The number of methoxy groups -OCH3 is 1. The molecule has 0 fully saturated rings. The van der Waals surface area contributed by atoms with Crippen LogP contribution < -0.4 is 10.1 Å². The minimum absolute atomic E-state index is 0.909. The second-order valence-electron chi connectivity index (χ2n) is 5.12. The Hall–Kier alpha value is -1.78. The summed E-state index contributed by atoms with van der Waals surface area (Å²) in [5.74, 6) is 0.909. The molecule has 110 valence electrons. The van der Waals surface area contributed by atoms with Crippen LogP contribution >= 0.6 is 11.3 Å². The predicted molar refractivity (Wildman–Crippen MR) is 89.3 cm³/mol. The van der Waals surface area contributed by atoms with Crippen molar-refractivity contribution in [1.29, 1.82) is 0 Å². The molecule has 0 aliphatic rings. The van der Waals surface area contributed by atoms with Crippen molar-refractivity contribution < 1.29 is 4.74 Å². The fourth-order valence-corrected chi connectivity index (χ4v) is 3.35. The number of ether oxygens (including phenoxy) is 1. The van der Waals surface area contributed by atoms with Crippen molar-refractivity contribution in [2.75, 3.05) is 13.7 Å². The molecule has 3 rings (SSSR count). The van der Waals surface area contributed by atoms with Crippen molar-refractivity contribution in [3.05, 3.63) is 52.3 Å². The largest absolute Gasteiger partial charge is 0.497 e. The number of aromatic nitrogens is 1. The summed E-state index contributed by atoms with van der Waals surface area (Å²) in [4.78, 5) is 2.77. The zero-order valence-corrected chi connectivity index (χ0v) is 13.2. The van der Waals surface area contributed by atoms with E-state index in [1.807, 2.05) is 17.4 Å². The molecule has 4 heteroatoms. The molecule has 3 nitrogen and oxygen atoms in total. The maximum absolute atomic E-state index is 5.26. The van der Waals surface area contributed by atoms with Gasteiger partial charge >= 0.3 is 0 Å². The fraction of sp³-hybridized carbons (Fsp3) is 0.294. The van der Waals surface area contributed by atoms with E-state index in [9.17, 15) is 0 Å². The molecule has 0 aliphatic carbocycles. The average Bonchev–Trinajstić information content (AvgIpc) is 3.09. The lowest BCUT2D eigenvalue weighted by Crippen LogP contribution is -2.18. The van der Waals surface area contributed by atoms with Crippen LogP contribution in [0.3, 0.4) is 0 Å². The van der Waals surface area contributed by atoms with Crippen molar-refractivity contribution in [2.24, 2.45) is 0 Å². The molecule has 0 bridgehead atoms. The molecule has 1 aromatic carbocycles. The molecular formula is C17H20N2OS. The number of fused-ring (bicyclic) bond motifs is 1. The Morgan fingerprint density at radius 1 is 1.19 bits per heavy atom. The summed E-state index contributed by atoms with van der Waals surface area (Å²) in [7, 11) is 1.70. The van der Waals surface area contributed by atoms with Crippen molar-refractivity contribution in [1.82, 2.24) is 9.88 Å². The highest BCUT2D eigenvalue weighted by atomic mass is 32.1. The van der Waals surface area contributed by atoms with Crippen LogP contribution in [0, 0.1) is 6.92 Å². The van der Waals surface area contributed by atoms with Gasteiger partial charge in [0.1, 0.15) is 5.75 Å². The lowest BCUT2D eigenvalue weighted by molar-refractivity contribution is 0.415. The van der Waals surface area contributed by atoms with Gasteiger partial charge in [-0.1, -0.05) is 0 Å². The van der Waals surface area contributed by atoms with E-state index in [2.05, 4.69) is 53.3 Å². The highest BCUT2D eigenvalue weighted by molar-refractivity contribution is 7.11. The molecule has 0 amide bonds. The van der Waals surface area contributed by atoms with Crippen LogP contribution in [0.4, 0.5) is 0 Å². The first-order valence-corrected chi connectivity index (χ1v) is 7.97. The first-order valence-electron chi connectivity index (χ1n) is 7.15. The Kier molecular flexibility index (Phi) is 4.27. The van der Waals surface area contributed by atoms with E-state index >= 15 is 0 Å². The third-order valence-corrected chi connectivity index (χ3v) is 4.60. The summed E-state index contributed by atoms with van der Waals surface area (Å²) in [6, 6.07) is 12.7. The van der Waals surface area contributed by atoms with Gasteiger partial charge in [-0.15, -0.1) is 11.3 Å². The number of thiophene rings is 1. The minimum Gasteiger partial charge on any atom is -0.497 e. The lowest BCUT2D eigenvalue weighted by atomic mass is 10.2. The molecule has 0 atom stereocenters. The normalized spacial score (nSPS) is 11.1. The molecule has 0 radical (unpaired) electrons. The molecule has 0 unspecified atom stereocenters. The predicted octanol–water partition coefficient (Wildman–Crippen LogP) is 3.81. The van der Waals surface area contributed by atoms with Gasteiger partial charge in [0, 0.05) is 46.5 Å². The highest BCUT2D eigenvalue weighted by Crippen LogP contribution is 2.21. The summed E-state index contributed by atoms with van der Waals surface area (Å²) in [5, 5.41) is 4.73. The number of hydrogen-bond donors (Lipinski definition) is 1. The van der Waals surface area contributed by atoms with Gasteiger partial charge in [0.05, 0.1) is 7.11 Å². The van der Waals surface area contributed by atoms with Crippen molar-refractivity contribution >= 4 is 22.2 Å². The average molecular weight is 300 g/mol. The van der Waals surface area contributed by atoms with E-state index in [-0.39, 0.29) is 0 Å². The zero-order valence-electron chi connectivity index (χ0n) is 12.4. The van der Waals surface area contributed by atoms with Crippen LogP contribution in [0.5, 0.6) is 5.75 Å². The monoisotopic (exact) mass is 300 g/mol. The smallest absolute Gasteiger partial charge is 0.119 e. The minimum atomic E-state index is 0.909. The number of aryl methyl sites for hydroxylation is 1. The second-order valence-corrected chi connectivity index (χ2v) is 6.50. The van der Waals surface area contributed by atoms with E-state index in [1.54, 1.807) is 7.11 Å². The standard InChI is InChI=1S/C17H20N2OS/c1-13-3-5-16(21-13)12-18-8-10-19-9-7-14-11-15(20-2)4-6-17(14)19/h3-7,9,11,18H,8,10,12H2,1-2H3. The molecule has 0 saturated heterocycles. The Bertz CT molecular complexity index is 729. The summed E-state index contributed by atoms with van der Waals surface area (Å²) in [6.07, 6.45) is 2.14. The van der Waals surface area contributed by atoms with Crippen molar-refractivity contribution in [3.8, 4) is 5.75 Å². The molecule has 2 heterocycles. The molecule has 21 heavy (non-hydrogen) atoms. The van der Waals surface area contributed by atoms with Crippen LogP contribution in [0.1, 0.15) is 9.75 Å². The van der Waals surface area contributed by atoms with Crippen LogP contribution in [0.15, 0.2) is 42.6 Å². The molecule has 0 aliphatic heterocycles. The number of nitrogens with one attached hydrogen (secondary N) is 1. The number of rotatable bonds is 6. The zero-order chi connectivity index (χ0) is 14.7. The van der Waals surface area contributed by atoms with E-state index in [1.165, 1.54) is 20.7 Å². The van der Waals surface area contributed by atoms with E-state index in [4.69, 9.17) is 4.74 Å². The van der Waals surface area contributed by atoms with E-state index in [0.29, 0.717) is 0 Å². The van der Waals surface area contributed by atoms with E-state index < -0.39 is 0 Å². The maximum atomic E-state index is 5.26. The number of hydrogen-bond acceptors (Lipinski definition) is 3. The molecule has 0 saturated carbocycles. The maximum Gasteiger partial charge on any atom is 0.119 e. The van der Waals surface area contributed by atoms with Gasteiger partial charge in [-0.2, -0.15) is 0 Å². The van der Waals surface area contributed by atoms with E-state index in [0.717, 1.165) is 25.4 Å². The van der Waals surface area contributed by atoms with Crippen LogP contribution in [-0.2, 0) is 13.1 Å². The summed E-state index contributed by atoms with van der Waals surface area (Å²) >= 11 is 1.86. The van der Waals surface area contributed by atoms with Gasteiger partial charge < -0.3 is 14.6 Å². The lowest BCUT2D eigenvalue weighted by Gasteiger charge is -2.07. The highest BCUT2D eigenvalue weighted by Gasteiger charge is 2.02. The molecule has 2 aromatic heterocycles. The Morgan fingerprint density at radius 2 is 2.10 bits per heavy atom. The van der Waals surface area contributed by atoms with Gasteiger partial charge in [-0.3, -0.25) is 0 Å². The topological polar surface area (TPSA) is 26.2 Å². The van der Waals surface area contributed by atoms with Gasteiger partial charge in [0.25, 0.3) is 0 Å². The van der Waals surface area contributed by atoms with Crippen LogP contribution in [-0.4, -0.2) is 18.2 Å². The Labute approximate surface area is 129 Å². The quantitative estimate of drug-likeness (QED) is 0.701. The third-order valence-electron chi connectivity index (χ3n) is 3.60. The third kappa shape index (κ3) is 3.28. The summed E-state index contributed by atoms with van der Waals surface area (Å²) < 4.78 is 7.54. The van der Waals surface area contributed by atoms with Gasteiger partial charge in [-0.05, 0) is 43.3 Å². The molecule has 1 N–H and O–H groups in total. The number of nitrogens with zero attached hydrogens (tertiary/aromatic N) is 1. The fourth-order valence-electron chi connectivity index (χ4n) is 2.49. The van der Waals surface area contributed by atoms with Crippen LogP contribution in [0.25, 0.3) is 10.9 Å². The Balaban J connectivity index is 1.58. The summed E-state index contributed by atoms with van der Waals surface area (Å²) in [5.41, 5.74) is 1.25. The van der Waals surface area contributed by atoms with Crippen LogP contribution in [0.2, 0.25) is 0 Å². The SMILES string of the molecule is COc1ccc2c(ccn2CCNCc2ccc(C)s2)c1. The van der Waals surface area contributed by atoms with Gasteiger partial charge in [-0.25, -0.2) is 0 Å². The second kappa shape index (κ2) is 6.33. The van der Waals surface area contributed by atoms with Gasteiger partial charge in [0.2, 0.25) is 0 Å². The summed E-state index contributed by atoms with van der Waals surface area (Å²) in [6.45, 7) is 5.03. The number of benzene rings is 1. The Morgan fingerprint density at radius 3 is 2.86 bits per heavy atom. The molecule has 3 aromatic rings. The van der Waals surface area contributed by atoms with Crippen molar-refractivity contribution in [3.63, 3.8) is 0 Å². The van der Waals surface area contributed by atoms with Crippen molar-refractivity contribution in [2.45, 2.75) is 20.0 Å². The first kappa shape index (κ1) is 14.2.